The summed E-state index contributed by atoms with van der Waals surface area (Å²) in [6.45, 7) is 2.05. The van der Waals surface area contributed by atoms with Crippen molar-refractivity contribution in [2.45, 2.75) is 24.7 Å². The Morgan fingerprint density at radius 1 is 1.28 bits per heavy atom. The normalized spacial score (nSPS) is 10.8. The van der Waals surface area contributed by atoms with Crippen LogP contribution < -0.4 is 4.72 Å². The number of aryl methyl sites for hydroxylation is 1. The standard InChI is InChI=1S/C13H16ClNO2S/c1-2-3-4-11-15-18(16,17)13-7-5-12(6-8-13)9-10-14/h5-8,15H,4,9-11H2,1H3. The molecule has 0 aliphatic heterocycles. The summed E-state index contributed by atoms with van der Waals surface area (Å²) in [6, 6.07) is 6.75. The molecule has 0 aliphatic carbocycles. The first-order chi connectivity index (χ1) is 8.60. The average Bonchev–Trinajstić information content (AvgIpc) is 2.36. The Labute approximate surface area is 114 Å². The number of alkyl halides is 1. The van der Waals surface area contributed by atoms with Gasteiger partial charge in [-0.25, -0.2) is 13.1 Å². The molecule has 18 heavy (non-hydrogen) atoms. The van der Waals surface area contributed by atoms with Crippen LogP contribution in [0.1, 0.15) is 18.9 Å². The van der Waals surface area contributed by atoms with Crippen LogP contribution in [0.5, 0.6) is 0 Å². The molecule has 0 heterocycles. The molecule has 1 aromatic rings. The maximum absolute atomic E-state index is 11.9. The van der Waals surface area contributed by atoms with Crippen LogP contribution in [-0.4, -0.2) is 20.8 Å². The molecular weight excluding hydrogens is 270 g/mol. The molecule has 0 fully saturated rings. The molecule has 0 amide bonds. The third-order valence-electron chi connectivity index (χ3n) is 2.34. The second-order valence-corrected chi connectivity index (χ2v) is 5.80. The predicted octanol–water partition coefficient (Wildman–Crippen LogP) is 2.16. The van der Waals surface area contributed by atoms with E-state index in [1.54, 1.807) is 31.2 Å². The Morgan fingerprint density at radius 2 is 1.94 bits per heavy atom. The molecule has 1 rings (SSSR count). The molecule has 0 spiro atoms. The summed E-state index contributed by atoms with van der Waals surface area (Å²) < 4.78 is 26.3. The monoisotopic (exact) mass is 285 g/mol. The van der Waals surface area contributed by atoms with E-state index < -0.39 is 10.0 Å². The molecule has 1 N–H and O–H groups in total. The van der Waals surface area contributed by atoms with Gasteiger partial charge in [0.15, 0.2) is 0 Å². The molecule has 0 aromatic heterocycles. The quantitative estimate of drug-likeness (QED) is 0.495. The molecule has 98 valence electrons. The first kappa shape index (κ1) is 15.0. The summed E-state index contributed by atoms with van der Waals surface area (Å²) in [6.07, 6.45) is 1.25. The van der Waals surface area contributed by atoms with Crippen LogP contribution in [0.2, 0.25) is 0 Å². The van der Waals surface area contributed by atoms with Gasteiger partial charge in [-0.1, -0.05) is 12.1 Å². The highest BCUT2D eigenvalue weighted by Crippen LogP contribution is 2.11. The minimum atomic E-state index is -3.42. The zero-order valence-electron chi connectivity index (χ0n) is 10.2. The Bertz CT molecular complexity index is 526. The summed E-state index contributed by atoms with van der Waals surface area (Å²) >= 11 is 5.62. The number of nitrogens with one attached hydrogen (secondary N) is 1. The molecule has 0 atom stereocenters. The van der Waals surface area contributed by atoms with Gasteiger partial charge in [-0.15, -0.1) is 23.4 Å². The van der Waals surface area contributed by atoms with Gasteiger partial charge in [-0.05, 0) is 31.0 Å². The molecule has 0 saturated heterocycles. The lowest BCUT2D eigenvalue weighted by Gasteiger charge is -2.06. The highest BCUT2D eigenvalue weighted by Gasteiger charge is 2.12. The molecule has 0 bridgehead atoms. The van der Waals surface area contributed by atoms with E-state index in [-0.39, 0.29) is 4.90 Å². The van der Waals surface area contributed by atoms with E-state index in [9.17, 15) is 8.42 Å². The molecule has 0 saturated carbocycles. The van der Waals surface area contributed by atoms with Gasteiger partial charge >= 0.3 is 0 Å². The van der Waals surface area contributed by atoms with Crippen LogP contribution >= 0.6 is 11.6 Å². The highest BCUT2D eigenvalue weighted by atomic mass is 35.5. The maximum Gasteiger partial charge on any atom is 0.240 e. The van der Waals surface area contributed by atoms with Gasteiger partial charge in [0, 0.05) is 18.8 Å². The lowest BCUT2D eigenvalue weighted by atomic mass is 10.2. The Hall–Kier alpha value is -1.02. The SMILES string of the molecule is CC#CCCNS(=O)(=O)c1ccc(CCCl)cc1. The fraction of sp³-hybridized carbons (Fsp3) is 0.385. The van der Waals surface area contributed by atoms with Crippen LogP contribution in [0.3, 0.4) is 0 Å². The van der Waals surface area contributed by atoms with Gasteiger partial charge in [0.1, 0.15) is 0 Å². The summed E-state index contributed by atoms with van der Waals surface area (Å²) in [5, 5.41) is 0. The lowest BCUT2D eigenvalue weighted by Crippen LogP contribution is -2.24. The minimum absolute atomic E-state index is 0.269. The van der Waals surface area contributed by atoms with Gasteiger partial charge in [-0.2, -0.15) is 0 Å². The molecular formula is C13H16ClNO2S. The van der Waals surface area contributed by atoms with Crippen molar-refractivity contribution in [3.8, 4) is 11.8 Å². The van der Waals surface area contributed by atoms with Gasteiger partial charge in [0.2, 0.25) is 10.0 Å². The van der Waals surface area contributed by atoms with Crippen molar-refractivity contribution in [3.05, 3.63) is 29.8 Å². The van der Waals surface area contributed by atoms with Crippen molar-refractivity contribution < 1.29 is 8.42 Å². The van der Waals surface area contributed by atoms with Crippen LogP contribution in [0.4, 0.5) is 0 Å². The summed E-state index contributed by atoms with van der Waals surface area (Å²) in [5.41, 5.74) is 1.03. The molecule has 3 nitrogen and oxygen atoms in total. The Kier molecular flexibility index (Phi) is 6.20. The van der Waals surface area contributed by atoms with Gasteiger partial charge in [-0.3, -0.25) is 0 Å². The van der Waals surface area contributed by atoms with Crippen molar-refractivity contribution in [2.75, 3.05) is 12.4 Å². The van der Waals surface area contributed by atoms with E-state index in [2.05, 4.69) is 16.6 Å². The van der Waals surface area contributed by atoms with Gasteiger partial charge in [0.25, 0.3) is 0 Å². The molecule has 5 heteroatoms. The van der Waals surface area contributed by atoms with Crippen molar-refractivity contribution in [3.63, 3.8) is 0 Å². The number of benzene rings is 1. The Morgan fingerprint density at radius 3 is 2.50 bits per heavy atom. The molecule has 1 aromatic carbocycles. The van der Waals surface area contributed by atoms with Crippen molar-refractivity contribution in [1.29, 1.82) is 0 Å². The molecule has 0 radical (unpaired) electrons. The topological polar surface area (TPSA) is 46.2 Å². The zero-order chi connectivity index (χ0) is 13.4. The second-order valence-electron chi connectivity index (χ2n) is 3.66. The second kappa shape index (κ2) is 7.42. The van der Waals surface area contributed by atoms with Gasteiger partial charge in [0.05, 0.1) is 4.90 Å². The van der Waals surface area contributed by atoms with E-state index in [4.69, 9.17) is 11.6 Å². The molecule has 0 aliphatic rings. The largest absolute Gasteiger partial charge is 0.240 e. The number of halogens is 1. The smallest absolute Gasteiger partial charge is 0.210 e. The van der Waals surface area contributed by atoms with Crippen LogP contribution in [-0.2, 0) is 16.4 Å². The number of hydrogen-bond donors (Lipinski definition) is 1. The van der Waals surface area contributed by atoms with Gasteiger partial charge < -0.3 is 0 Å². The maximum atomic E-state index is 11.9. The average molecular weight is 286 g/mol. The Balaban J connectivity index is 2.68. The van der Waals surface area contributed by atoms with E-state index in [1.807, 2.05) is 0 Å². The number of sulfonamides is 1. The highest BCUT2D eigenvalue weighted by molar-refractivity contribution is 7.89. The van der Waals surface area contributed by atoms with Crippen LogP contribution in [0, 0.1) is 11.8 Å². The fourth-order valence-corrected chi connectivity index (χ4v) is 2.65. The van der Waals surface area contributed by atoms with E-state index >= 15 is 0 Å². The summed E-state index contributed by atoms with van der Waals surface area (Å²) in [5.74, 6) is 6.05. The predicted molar refractivity (Wildman–Crippen MR) is 74.1 cm³/mol. The zero-order valence-corrected chi connectivity index (χ0v) is 11.8. The third kappa shape index (κ3) is 4.69. The summed E-state index contributed by atoms with van der Waals surface area (Å²) in [4.78, 5) is 0.269. The first-order valence-corrected chi connectivity index (χ1v) is 7.66. The van der Waals surface area contributed by atoms with E-state index in [0.29, 0.717) is 18.8 Å². The van der Waals surface area contributed by atoms with Crippen molar-refractivity contribution in [1.82, 2.24) is 4.72 Å². The minimum Gasteiger partial charge on any atom is -0.210 e. The van der Waals surface area contributed by atoms with E-state index in [1.165, 1.54) is 0 Å². The molecule has 0 unspecified atom stereocenters. The summed E-state index contributed by atoms with van der Waals surface area (Å²) in [7, 11) is -3.42. The fourth-order valence-electron chi connectivity index (χ4n) is 1.40. The van der Waals surface area contributed by atoms with E-state index in [0.717, 1.165) is 12.0 Å². The number of hydrogen-bond acceptors (Lipinski definition) is 2. The van der Waals surface area contributed by atoms with Crippen LogP contribution in [0.15, 0.2) is 29.2 Å². The first-order valence-electron chi connectivity index (χ1n) is 5.64. The van der Waals surface area contributed by atoms with Crippen molar-refractivity contribution >= 4 is 21.6 Å². The van der Waals surface area contributed by atoms with Crippen LogP contribution in [0.25, 0.3) is 0 Å². The third-order valence-corrected chi connectivity index (χ3v) is 4.00. The van der Waals surface area contributed by atoms with Crippen molar-refractivity contribution in [2.24, 2.45) is 0 Å². The lowest BCUT2D eigenvalue weighted by molar-refractivity contribution is 0.582. The number of rotatable bonds is 6.